The molecule has 2 aromatic rings. The molecule has 0 fully saturated rings. The minimum Gasteiger partial charge on any atom is -0.398 e. The van der Waals surface area contributed by atoms with Crippen LogP contribution >= 0.6 is 0 Å². The Kier molecular flexibility index (Phi) is 2.82. The van der Waals surface area contributed by atoms with Crippen molar-refractivity contribution in [3.05, 3.63) is 41.7 Å². The summed E-state index contributed by atoms with van der Waals surface area (Å²) in [6.07, 6.45) is 1.72. The monoisotopic (exact) mass is 230 g/mol. The highest BCUT2D eigenvalue weighted by Gasteiger charge is 2.09. The minimum atomic E-state index is -0.242. The maximum Gasteiger partial charge on any atom is 0.276 e. The van der Waals surface area contributed by atoms with Crippen LogP contribution in [0.15, 0.2) is 30.5 Å². The summed E-state index contributed by atoms with van der Waals surface area (Å²) in [5, 5.41) is 6.76. The molecule has 88 valence electrons. The standard InChI is InChI=1S/C12H14N4O/c1-8-3-4-9(7-10(8)13)14-12(17)11-5-6-16(2)15-11/h3-7H,13H2,1-2H3,(H,14,17). The fraction of sp³-hybridized carbons (Fsp3) is 0.167. The van der Waals surface area contributed by atoms with Crippen LogP contribution in [0, 0.1) is 6.92 Å². The van der Waals surface area contributed by atoms with Crippen molar-refractivity contribution in [1.82, 2.24) is 9.78 Å². The first-order valence-electron chi connectivity index (χ1n) is 5.23. The van der Waals surface area contributed by atoms with Gasteiger partial charge in [-0.05, 0) is 30.7 Å². The molecule has 2 rings (SSSR count). The normalized spacial score (nSPS) is 10.2. The van der Waals surface area contributed by atoms with E-state index in [4.69, 9.17) is 5.73 Å². The second kappa shape index (κ2) is 4.29. The number of carbonyl (C=O) groups is 1. The lowest BCUT2D eigenvalue weighted by atomic mass is 10.2. The molecule has 17 heavy (non-hydrogen) atoms. The number of hydrogen-bond donors (Lipinski definition) is 2. The summed E-state index contributed by atoms with van der Waals surface area (Å²) >= 11 is 0. The first-order chi connectivity index (χ1) is 8.06. The molecule has 5 heteroatoms. The van der Waals surface area contributed by atoms with Crippen molar-refractivity contribution in [1.29, 1.82) is 0 Å². The van der Waals surface area contributed by atoms with E-state index in [9.17, 15) is 4.79 Å². The molecule has 0 spiro atoms. The van der Waals surface area contributed by atoms with Gasteiger partial charge in [-0.1, -0.05) is 6.07 Å². The molecule has 1 aromatic heterocycles. The van der Waals surface area contributed by atoms with Crippen LogP contribution in [0.25, 0.3) is 0 Å². The Morgan fingerprint density at radius 3 is 2.76 bits per heavy atom. The van der Waals surface area contributed by atoms with Crippen LogP contribution in [0.5, 0.6) is 0 Å². The number of rotatable bonds is 2. The minimum absolute atomic E-state index is 0.242. The molecule has 0 aliphatic carbocycles. The number of nitrogens with one attached hydrogen (secondary N) is 1. The lowest BCUT2D eigenvalue weighted by Crippen LogP contribution is -2.13. The van der Waals surface area contributed by atoms with Crippen molar-refractivity contribution >= 4 is 17.3 Å². The highest BCUT2D eigenvalue weighted by molar-refractivity contribution is 6.03. The summed E-state index contributed by atoms with van der Waals surface area (Å²) in [5.74, 6) is -0.242. The summed E-state index contributed by atoms with van der Waals surface area (Å²) in [4.78, 5) is 11.8. The molecule has 0 atom stereocenters. The molecular weight excluding hydrogens is 216 g/mol. The third-order valence-electron chi connectivity index (χ3n) is 2.48. The zero-order valence-electron chi connectivity index (χ0n) is 9.77. The van der Waals surface area contributed by atoms with Gasteiger partial charge in [0.2, 0.25) is 0 Å². The van der Waals surface area contributed by atoms with Crippen LogP contribution in [0.4, 0.5) is 11.4 Å². The number of aromatic nitrogens is 2. The number of carbonyl (C=O) groups excluding carboxylic acids is 1. The predicted octanol–water partition coefficient (Wildman–Crippen LogP) is 1.56. The molecule has 0 aliphatic heterocycles. The van der Waals surface area contributed by atoms with Crippen molar-refractivity contribution in [2.24, 2.45) is 7.05 Å². The van der Waals surface area contributed by atoms with Crippen LogP contribution in [0.2, 0.25) is 0 Å². The van der Waals surface area contributed by atoms with E-state index in [1.54, 1.807) is 30.1 Å². The van der Waals surface area contributed by atoms with Crippen LogP contribution in [-0.2, 0) is 7.05 Å². The van der Waals surface area contributed by atoms with Crippen molar-refractivity contribution in [2.75, 3.05) is 11.1 Å². The van der Waals surface area contributed by atoms with E-state index in [1.165, 1.54) is 0 Å². The number of hydrogen-bond acceptors (Lipinski definition) is 3. The van der Waals surface area contributed by atoms with E-state index in [0.717, 1.165) is 5.56 Å². The van der Waals surface area contributed by atoms with E-state index in [-0.39, 0.29) is 5.91 Å². The lowest BCUT2D eigenvalue weighted by Gasteiger charge is -2.05. The molecule has 0 saturated heterocycles. The van der Waals surface area contributed by atoms with Crippen LogP contribution in [-0.4, -0.2) is 15.7 Å². The van der Waals surface area contributed by atoms with Crippen molar-refractivity contribution in [2.45, 2.75) is 6.92 Å². The molecule has 5 nitrogen and oxygen atoms in total. The van der Waals surface area contributed by atoms with Gasteiger partial charge in [0.1, 0.15) is 0 Å². The Bertz CT molecular complexity index is 559. The smallest absolute Gasteiger partial charge is 0.276 e. The predicted molar refractivity (Wildman–Crippen MR) is 66.8 cm³/mol. The topological polar surface area (TPSA) is 72.9 Å². The van der Waals surface area contributed by atoms with E-state index in [2.05, 4.69) is 10.4 Å². The molecule has 3 N–H and O–H groups in total. The average Bonchev–Trinajstić information content (AvgIpc) is 2.70. The Labute approximate surface area is 99.2 Å². The summed E-state index contributed by atoms with van der Waals surface area (Å²) in [6, 6.07) is 7.07. The zero-order chi connectivity index (χ0) is 12.4. The first-order valence-corrected chi connectivity index (χ1v) is 5.23. The Balaban J connectivity index is 2.15. The molecule has 0 saturated carbocycles. The summed E-state index contributed by atoms with van der Waals surface area (Å²) < 4.78 is 1.58. The SMILES string of the molecule is Cc1ccc(NC(=O)c2ccn(C)n2)cc1N. The van der Waals surface area contributed by atoms with Gasteiger partial charge in [0.25, 0.3) is 5.91 Å². The van der Waals surface area contributed by atoms with Gasteiger partial charge in [-0.2, -0.15) is 5.10 Å². The first kappa shape index (κ1) is 11.2. The highest BCUT2D eigenvalue weighted by Crippen LogP contribution is 2.17. The molecule has 1 aromatic carbocycles. The fourth-order valence-corrected chi connectivity index (χ4v) is 1.45. The number of nitrogen functional groups attached to an aromatic ring is 1. The van der Waals surface area contributed by atoms with Gasteiger partial charge in [0, 0.05) is 24.6 Å². The molecular formula is C12H14N4O. The van der Waals surface area contributed by atoms with Gasteiger partial charge < -0.3 is 11.1 Å². The number of nitrogens with zero attached hydrogens (tertiary/aromatic N) is 2. The average molecular weight is 230 g/mol. The molecule has 0 aliphatic rings. The van der Waals surface area contributed by atoms with Gasteiger partial charge in [-0.15, -0.1) is 0 Å². The summed E-state index contributed by atoms with van der Waals surface area (Å²) in [7, 11) is 1.76. The van der Waals surface area contributed by atoms with E-state index < -0.39 is 0 Å². The molecule has 1 heterocycles. The second-order valence-corrected chi connectivity index (χ2v) is 3.90. The number of nitrogens with two attached hydrogens (primary N) is 1. The van der Waals surface area contributed by atoms with Gasteiger partial charge >= 0.3 is 0 Å². The number of amides is 1. The maximum absolute atomic E-state index is 11.8. The molecule has 0 unspecified atom stereocenters. The quantitative estimate of drug-likeness (QED) is 0.769. The number of benzene rings is 1. The largest absolute Gasteiger partial charge is 0.398 e. The van der Waals surface area contributed by atoms with Crippen LogP contribution in [0.3, 0.4) is 0 Å². The van der Waals surface area contributed by atoms with Gasteiger partial charge in [0.05, 0.1) is 0 Å². The van der Waals surface area contributed by atoms with Gasteiger partial charge in [-0.25, -0.2) is 0 Å². The Hall–Kier alpha value is -2.30. The maximum atomic E-state index is 11.8. The zero-order valence-corrected chi connectivity index (χ0v) is 9.77. The molecule has 0 bridgehead atoms. The highest BCUT2D eigenvalue weighted by atomic mass is 16.1. The van der Waals surface area contributed by atoms with Gasteiger partial charge in [0.15, 0.2) is 5.69 Å². The molecule has 0 radical (unpaired) electrons. The van der Waals surface area contributed by atoms with Crippen LogP contribution < -0.4 is 11.1 Å². The number of anilines is 2. The summed E-state index contributed by atoms with van der Waals surface area (Å²) in [5.41, 5.74) is 8.46. The number of aryl methyl sites for hydroxylation is 2. The van der Waals surface area contributed by atoms with E-state index in [1.807, 2.05) is 19.1 Å². The molecule has 1 amide bonds. The Morgan fingerprint density at radius 1 is 1.41 bits per heavy atom. The third-order valence-corrected chi connectivity index (χ3v) is 2.48. The van der Waals surface area contributed by atoms with Crippen molar-refractivity contribution in [3.63, 3.8) is 0 Å². The van der Waals surface area contributed by atoms with Crippen LogP contribution in [0.1, 0.15) is 16.1 Å². The van der Waals surface area contributed by atoms with E-state index in [0.29, 0.717) is 17.1 Å². The third kappa shape index (κ3) is 2.44. The van der Waals surface area contributed by atoms with Crippen molar-refractivity contribution in [3.8, 4) is 0 Å². The van der Waals surface area contributed by atoms with Crippen molar-refractivity contribution < 1.29 is 4.79 Å². The summed E-state index contributed by atoms with van der Waals surface area (Å²) in [6.45, 7) is 1.92. The Morgan fingerprint density at radius 2 is 2.18 bits per heavy atom. The lowest BCUT2D eigenvalue weighted by molar-refractivity contribution is 0.102. The van der Waals surface area contributed by atoms with E-state index >= 15 is 0 Å². The second-order valence-electron chi connectivity index (χ2n) is 3.90. The fourth-order valence-electron chi connectivity index (χ4n) is 1.45. The van der Waals surface area contributed by atoms with Gasteiger partial charge in [-0.3, -0.25) is 9.48 Å².